The molecule has 1 aromatic carbocycles. The maximum Gasteiger partial charge on any atom is 0.161 e. The lowest BCUT2D eigenvalue weighted by atomic mass is 9.84. The quantitative estimate of drug-likeness (QED) is 0.643. The van der Waals surface area contributed by atoms with Crippen LogP contribution < -0.4 is 9.47 Å². The summed E-state index contributed by atoms with van der Waals surface area (Å²) in [7, 11) is 3.19. The second-order valence-electron chi connectivity index (χ2n) is 7.26. The molecule has 1 heterocycles. The molecular weight excluding hydrogens is 370 g/mol. The van der Waals surface area contributed by atoms with E-state index in [1.807, 2.05) is 24.3 Å². The molecule has 5 heteroatoms. The van der Waals surface area contributed by atoms with E-state index in [4.69, 9.17) is 9.47 Å². The third kappa shape index (κ3) is 5.15. The van der Waals surface area contributed by atoms with Crippen molar-refractivity contribution in [3.8, 4) is 17.6 Å². The molecule has 0 bridgehead atoms. The Bertz CT molecular complexity index is 857. The molecule has 0 saturated heterocycles. The highest BCUT2D eigenvalue weighted by Crippen LogP contribution is 2.32. The molecular formula is C23H27NO3S. The predicted octanol–water partition coefficient (Wildman–Crippen LogP) is 5.31. The smallest absolute Gasteiger partial charge is 0.161 e. The summed E-state index contributed by atoms with van der Waals surface area (Å²) in [5, 5.41) is 19.3. The fourth-order valence-electron chi connectivity index (χ4n) is 3.71. The second-order valence-corrected chi connectivity index (χ2v) is 8.46. The van der Waals surface area contributed by atoms with Crippen molar-refractivity contribution in [2.24, 2.45) is 5.92 Å². The lowest BCUT2D eigenvalue weighted by Gasteiger charge is -2.25. The van der Waals surface area contributed by atoms with Gasteiger partial charge in [0.2, 0.25) is 0 Å². The van der Waals surface area contributed by atoms with Crippen LogP contribution in [0.5, 0.6) is 11.5 Å². The van der Waals surface area contributed by atoms with Crippen molar-refractivity contribution in [3.05, 3.63) is 45.6 Å². The van der Waals surface area contributed by atoms with Gasteiger partial charge in [-0.25, -0.2) is 0 Å². The van der Waals surface area contributed by atoms with Crippen molar-refractivity contribution in [3.63, 3.8) is 0 Å². The zero-order valence-corrected chi connectivity index (χ0v) is 17.3. The molecule has 148 valence electrons. The number of hydrogen-bond acceptors (Lipinski definition) is 5. The number of ether oxygens (including phenoxy) is 2. The molecule has 0 atom stereocenters. The average molecular weight is 398 g/mol. The first kappa shape index (κ1) is 20.4. The van der Waals surface area contributed by atoms with Gasteiger partial charge in [0.1, 0.15) is 0 Å². The molecule has 28 heavy (non-hydrogen) atoms. The average Bonchev–Trinajstić information content (AvgIpc) is 3.18. The van der Waals surface area contributed by atoms with E-state index in [0.717, 1.165) is 48.5 Å². The van der Waals surface area contributed by atoms with Crippen LogP contribution in [0.2, 0.25) is 0 Å². The molecule has 3 rings (SSSR count). The number of rotatable bonds is 7. The van der Waals surface area contributed by atoms with Crippen LogP contribution in [0, 0.1) is 17.2 Å². The molecule has 0 unspecified atom stereocenters. The standard InChI is InChI=1S/C23H27NO3S/c1-26-22-12-6-17(14-23(22)27-2)18(15-24)13-21-11-10-20(28-21)9-5-16-3-7-19(25)8-4-16/h6,10-14,16,19,25H,3-5,7-9H2,1-2H3/b18-13+. The summed E-state index contributed by atoms with van der Waals surface area (Å²) in [5.41, 5.74) is 1.42. The number of nitrogens with zero attached hydrogens (tertiary/aromatic N) is 1. The lowest BCUT2D eigenvalue weighted by molar-refractivity contribution is 0.106. The first-order valence-corrected chi connectivity index (χ1v) is 10.6. The zero-order valence-electron chi connectivity index (χ0n) is 16.5. The molecule has 1 aliphatic carbocycles. The fraction of sp³-hybridized carbons (Fsp3) is 0.435. The van der Waals surface area contributed by atoms with Crippen LogP contribution in [0.15, 0.2) is 30.3 Å². The van der Waals surface area contributed by atoms with Gasteiger partial charge in [-0.2, -0.15) is 5.26 Å². The number of methoxy groups -OCH3 is 2. The number of nitriles is 1. The van der Waals surface area contributed by atoms with Crippen molar-refractivity contribution in [1.82, 2.24) is 0 Å². The van der Waals surface area contributed by atoms with E-state index in [9.17, 15) is 10.4 Å². The number of aliphatic hydroxyl groups is 1. The number of hydrogen-bond donors (Lipinski definition) is 1. The molecule has 0 aliphatic heterocycles. The van der Waals surface area contributed by atoms with Gasteiger partial charge in [0.05, 0.1) is 32.0 Å². The Labute approximate surface area is 171 Å². The molecule has 0 radical (unpaired) electrons. The van der Waals surface area contributed by atoms with Crippen LogP contribution in [0.3, 0.4) is 0 Å². The maximum absolute atomic E-state index is 9.63. The van der Waals surface area contributed by atoms with Crippen molar-refractivity contribution >= 4 is 23.0 Å². The highest BCUT2D eigenvalue weighted by atomic mass is 32.1. The number of benzene rings is 1. The molecule has 4 nitrogen and oxygen atoms in total. The highest BCUT2D eigenvalue weighted by molar-refractivity contribution is 7.12. The van der Waals surface area contributed by atoms with Gasteiger partial charge in [0, 0.05) is 9.75 Å². The zero-order chi connectivity index (χ0) is 19.9. The van der Waals surface area contributed by atoms with Crippen LogP contribution in [0.4, 0.5) is 0 Å². The monoisotopic (exact) mass is 397 g/mol. The minimum Gasteiger partial charge on any atom is -0.493 e. The summed E-state index contributed by atoms with van der Waals surface area (Å²) in [5.74, 6) is 1.99. The summed E-state index contributed by atoms with van der Waals surface area (Å²) >= 11 is 1.75. The van der Waals surface area contributed by atoms with E-state index in [1.54, 1.807) is 25.6 Å². The molecule has 1 saturated carbocycles. The van der Waals surface area contributed by atoms with Gasteiger partial charge in [0.25, 0.3) is 0 Å². The van der Waals surface area contributed by atoms with Crippen LogP contribution >= 0.6 is 11.3 Å². The van der Waals surface area contributed by atoms with Gasteiger partial charge in [-0.15, -0.1) is 11.3 Å². The second kappa shape index (κ2) is 9.77. The first-order valence-electron chi connectivity index (χ1n) is 9.74. The minimum absolute atomic E-state index is 0.0873. The van der Waals surface area contributed by atoms with E-state index in [2.05, 4.69) is 18.2 Å². The van der Waals surface area contributed by atoms with Crippen LogP contribution in [-0.4, -0.2) is 25.4 Å². The topological polar surface area (TPSA) is 62.5 Å². The number of allylic oxidation sites excluding steroid dienone is 1. The van der Waals surface area contributed by atoms with Crippen LogP contribution in [0.25, 0.3) is 11.6 Å². The Morgan fingerprint density at radius 3 is 2.57 bits per heavy atom. The van der Waals surface area contributed by atoms with E-state index >= 15 is 0 Å². The van der Waals surface area contributed by atoms with Gasteiger partial charge in [0.15, 0.2) is 11.5 Å². The van der Waals surface area contributed by atoms with Gasteiger partial charge < -0.3 is 14.6 Å². The van der Waals surface area contributed by atoms with Gasteiger partial charge in [-0.1, -0.05) is 0 Å². The van der Waals surface area contributed by atoms with Crippen molar-refractivity contribution < 1.29 is 14.6 Å². The molecule has 0 spiro atoms. The Morgan fingerprint density at radius 2 is 1.89 bits per heavy atom. The molecule has 2 aromatic rings. The third-order valence-electron chi connectivity index (χ3n) is 5.40. The predicted molar refractivity (Wildman–Crippen MR) is 114 cm³/mol. The normalized spacial score (nSPS) is 19.9. The fourth-order valence-corrected chi connectivity index (χ4v) is 4.68. The summed E-state index contributed by atoms with van der Waals surface area (Å²) in [4.78, 5) is 2.43. The Balaban J connectivity index is 1.68. The Hall–Kier alpha value is -2.29. The summed E-state index contributed by atoms with van der Waals surface area (Å²) < 4.78 is 10.6. The number of aliphatic hydroxyl groups excluding tert-OH is 1. The van der Waals surface area contributed by atoms with E-state index in [-0.39, 0.29) is 6.10 Å². The third-order valence-corrected chi connectivity index (χ3v) is 6.49. The SMILES string of the molecule is COc1ccc(/C(C#N)=C/c2ccc(CCC3CCC(O)CC3)s2)cc1OC. The van der Waals surface area contributed by atoms with Crippen molar-refractivity contribution in [1.29, 1.82) is 5.26 Å². The molecule has 1 aromatic heterocycles. The number of aryl methyl sites for hydroxylation is 1. The molecule has 0 amide bonds. The van der Waals surface area contributed by atoms with Gasteiger partial charge in [-0.05, 0) is 86.4 Å². The Morgan fingerprint density at radius 1 is 1.14 bits per heavy atom. The number of thiophene rings is 1. The van der Waals surface area contributed by atoms with Gasteiger partial charge in [-0.3, -0.25) is 0 Å². The highest BCUT2D eigenvalue weighted by Gasteiger charge is 2.19. The van der Waals surface area contributed by atoms with Crippen LogP contribution in [0.1, 0.15) is 47.4 Å². The molecule has 1 N–H and O–H groups in total. The Kier molecular flexibility index (Phi) is 7.13. The summed E-state index contributed by atoms with van der Waals surface area (Å²) in [6.07, 6.45) is 8.26. The largest absolute Gasteiger partial charge is 0.493 e. The molecule has 1 fully saturated rings. The summed E-state index contributed by atoms with van der Waals surface area (Å²) in [6.45, 7) is 0. The van der Waals surface area contributed by atoms with E-state index in [1.165, 1.54) is 11.3 Å². The summed E-state index contributed by atoms with van der Waals surface area (Å²) in [6, 6.07) is 12.1. The van der Waals surface area contributed by atoms with Crippen LogP contribution in [-0.2, 0) is 6.42 Å². The van der Waals surface area contributed by atoms with Gasteiger partial charge >= 0.3 is 0 Å². The minimum atomic E-state index is -0.0873. The first-order chi connectivity index (χ1) is 13.6. The van der Waals surface area contributed by atoms with Crippen molar-refractivity contribution in [2.75, 3.05) is 14.2 Å². The molecule has 1 aliphatic rings. The lowest BCUT2D eigenvalue weighted by Crippen LogP contribution is -2.18. The maximum atomic E-state index is 9.63. The van der Waals surface area contributed by atoms with Crippen molar-refractivity contribution in [2.45, 2.75) is 44.6 Å². The van der Waals surface area contributed by atoms with E-state index in [0.29, 0.717) is 17.1 Å². The van der Waals surface area contributed by atoms with E-state index < -0.39 is 0 Å².